The first kappa shape index (κ1) is 45.7. The van der Waals surface area contributed by atoms with Crippen molar-refractivity contribution in [2.45, 2.75) is 82.1 Å². The van der Waals surface area contributed by atoms with E-state index in [-0.39, 0.29) is 42.1 Å². The van der Waals surface area contributed by atoms with Crippen LogP contribution in [-0.4, -0.2) is 106 Å². The second kappa shape index (κ2) is 19.7. The number of amides is 4. The Kier molecular flexibility index (Phi) is 13.7. The third-order valence-electron chi connectivity index (χ3n) is 12.2. The third kappa shape index (κ3) is 10.2. The molecule has 3 aliphatic rings. The van der Waals surface area contributed by atoms with Crippen molar-refractivity contribution in [3.63, 3.8) is 0 Å². The number of piperidine rings is 1. The molecule has 0 bridgehead atoms. The molecule has 66 heavy (non-hydrogen) atoms. The predicted octanol–water partition coefficient (Wildman–Crippen LogP) is 7.39. The highest BCUT2D eigenvalue weighted by molar-refractivity contribution is 5.88. The zero-order chi connectivity index (χ0) is 46.5. The number of methoxy groups -OCH3 is 1. The van der Waals surface area contributed by atoms with E-state index in [9.17, 15) is 19.2 Å². The van der Waals surface area contributed by atoms with Crippen molar-refractivity contribution >= 4 is 29.7 Å². The number of anilines is 1. The Hall–Kier alpha value is -6.82. The number of rotatable bonds is 11. The topological polar surface area (TPSA) is 187 Å². The minimum Gasteiger partial charge on any atom is -0.453 e. The van der Waals surface area contributed by atoms with Gasteiger partial charge in [0, 0.05) is 49.6 Å². The number of morpholine rings is 1. The number of imidazole rings is 2. The minimum atomic E-state index is -1.01. The first-order chi connectivity index (χ1) is 31.8. The molecule has 18 heteroatoms. The molecule has 348 valence electrons. The Bertz CT molecular complexity index is 2480. The smallest absolute Gasteiger partial charge is 0.408 e. The number of likely N-dealkylation sites (tertiary alicyclic amines) is 1. The fraction of sp³-hybridized carbons (Fsp3) is 0.417. The fourth-order valence-corrected chi connectivity index (χ4v) is 9.03. The number of alkyl carbamates (subject to hydrolysis) is 2. The number of hydrogen-bond acceptors (Lipinski definition) is 10. The largest absolute Gasteiger partial charge is 0.453 e. The van der Waals surface area contributed by atoms with Gasteiger partial charge in [0.2, 0.25) is 0 Å². The van der Waals surface area contributed by atoms with E-state index in [2.05, 4.69) is 30.6 Å². The molecule has 0 radical (unpaired) electrons. The molecule has 0 aliphatic carbocycles. The number of carbonyl (C=O) groups is 4. The number of hydrogen-bond donors (Lipinski definition) is 4. The molecule has 3 aromatic carbocycles. The average molecular weight is 908 g/mol. The van der Waals surface area contributed by atoms with Gasteiger partial charge in [0.25, 0.3) is 11.8 Å². The summed E-state index contributed by atoms with van der Waals surface area (Å²) < 4.78 is 48.1. The summed E-state index contributed by atoms with van der Waals surface area (Å²) in [6.45, 7) is 7.24. The number of ether oxygens (including phenoxy) is 3. The lowest BCUT2D eigenvalue weighted by Gasteiger charge is -2.37. The van der Waals surface area contributed by atoms with E-state index >= 15 is 8.78 Å². The van der Waals surface area contributed by atoms with Crippen molar-refractivity contribution in [1.29, 1.82) is 0 Å². The summed E-state index contributed by atoms with van der Waals surface area (Å²) in [5, 5.41) is 5.42. The van der Waals surface area contributed by atoms with Gasteiger partial charge < -0.3 is 49.5 Å². The van der Waals surface area contributed by atoms with Gasteiger partial charge in [-0.15, -0.1) is 0 Å². The van der Waals surface area contributed by atoms with E-state index in [1.165, 1.54) is 25.4 Å². The normalized spacial score (nSPS) is 19.0. The molecule has 3 aliphatic heterocycles. The average Bonchev–Trinajstić information content (AvgIpc) is 4.12. The van der Waals surface area contributed by atoms with E-state index in [0.29, 0.717) is 80.4 Å². The van der Waals surface area contributed by atoms with Crippen LogP contribution in [0.1, 0.15) is 105 Å². The fourth-order valence-electron chi connectivity index (χ4n) is 9.03. The Morgan fingerprint density at radius 1 is 0.758 bits per heavy atom. The summed E-state index contributed by atoms with van der Waals surface area (Å²) in [6.07, 6.45) is 4.27. The monoisotopic (exact) mass is 907 g/mol. The Morgan fingerprint density at radius 3 is 1.94 bits per heavy atom. The van der Waals surface area contributed by atoms with Gasteiger partial charge >= 0.3 is 12.2 Å². The molecule has 0 saturated carbocycles. The van der Waals surface area contributed by atoms with Crippen LogP contribution in [0, 0.1) is 11.6 Å². The molecule has 4 amide bonds. The van der Waals surface area contributed by atoms with Crippen LogP contribution in [-0.2, 0) is 23.8 Å². The Morgan fingerprint density at radius 2 is 1.33 bits per heavy atom. The maximum atomic E-state index is 16.0. The second-order valence-electron chi connectivity index (χ2n) is 17.7. The highest BCUT2D eigenvalue weighted by Gasteiger charge is 2.39. The molecular weight excluding hydrogens is 853 g/mol. The van der Waals surface area contributed by atoms with Crippen LogP contribution in [0.2, 0.25) is 0 Å². The highest BCUT2D eigenvalue weighted by atomic mass is 19.1. The number of halogens is 2. The molecule has 5 heterocycles. The minimum absolute atomic E-state index is 0.0149. The van der Waals surface area contributed by atoms with E-state index in [4.69, 9.17) is 14.2 Å². The zero-order valence-electron chi connectivity index (χ0n) is 37.4. The first-order valence-corrected chi connectivity index (χ1v) is 22.2. The zero-order valence-corrected chi connectivity index (χ0v) is 37.4. The van der Waals surface area contributed by atoms with Crippen molar-refractivity contribution in [3.05, 3.63) is 125 Å². The second-order valence-corrected chi connectivity index (χ2v) is 17.7. The van der Waals surface area contributed by atoms with Crippen molar-refractivity contribution in [2.24, 2.45) is 0 Å². The van der Waals surface area contributed by atoms with Crippen molar-refractivity contribution in [2.75, 3.05) is 51.4 Å². The van der Waals surface area contributed by atoms with E-state index in [1.807, 2.05) is 12.1 Å². The van der Waals surface area contributed by atoms with Gasteiger partial charge in [-0.05, 0) is 69.7 Å². The number of benzene rings is 3. The van der Waals surface area contributed by atoms with Crippen molar-refractivity contribution in [1.82, 2.24) is 40.4 Å². The predicted molar refractivity (Wildman–Crippen MR) is 239 cm³/mol. The molecule has 4 atom stereocenters. The summed E-state index contributed by atoms with van der Waals surface area (Å²) >= 11 is 0. The van der Waals surface area contributed by atoms with Gasteiger partial charge in [-0.1, -0.05) is 60.7 Å². The summed E-state index contributed by atoms with van der Waals surface area (Å²) in [5.74, 6) is -1.05. The summed E-state index contributed by atoms with van der Waals surface area (Å²) in [4.78, 5) is 74.2. The van der Waals surface area contributed by atoms with E-state index in [1.54, 1.807) is 90.2 Å². The van der Waals surface area contributed by atoms with E-state index in [0.717, 1.165) is 5.69 Å². The molecule has 2 aromatic heterocycles. The summed E-state index contributed by atoms with van der Waals surface area (Å²) in [7, 11) is 1.24. The van der Waals surface area contributed by atoms with Crippen LogP contribution in [0.3, 0.4) is 0 Å². The van der Waals surface area contributed by atoms with Crippen molar-refractivity contribution in [3.8, 4) is 11.3 Å². The number of H-pyrrole nitrogens is 2. The van der Waals surface area contributed by atoms with Crippen LogP contribution >= 0.6 is 0 Å². The van der Waals surface area contributed by atoms with Crippen LogP contribution in [0.5, 0.6) is 0 Å². The van der Waals surface area contributed by atoms with Crippen LogP contribution in [0.4, 0.5) is 24.1 Å². The molecule has 4 N–H and O–H groups in total. The maximum Gasteiger partial charge on any atom is 0.408 e. The maximum absolute atomic E-state index is 16.0. The molecule has 5 aromatic rings. The number of carbonyl (C=O) groups excluding carboxylic acids is 4. The lowest BCUT2D eigenvalue weighted by molar-refractivity contribution is -0.143. The van der Waals surface area contributed by atoms with Gasteiger partial charge in [0.05, 0.1) is 38.3 Å². The number of nitrogens with one attached hydrogen (secondary N) is 4. The molecule has 3 fully saturated rings. The van der Waals surface area contributed by atoms with Crippen LogP contribution in [0.15, 0.2) is 85.2 Å². The Balaban J connectivity index is 0.919. The lowest BCUT2D eigenvalue weighted by Crippen LogP contribution is -2.49. The van der Waals surface area contributed by atoms with Crippen molar-refractivity contribution < 1.29 is 42.2 Å². The standard InChI is InChI=1S/C48H55F2N9O7/c1-48(2,3)66-47(63)56-40(31-14-9-6-10-15-31)44(60)58-19-11-16-37(58)42-51-27-36(54-42)32-24-33(49)41(34(50)25-32)57-20-17-29(18-21-57)35-26-52-43(53-35)38-28-65-23-22-59(38)45(61)39(55-46(62)64-4)30-12-7-5-8-13-30/h5-10,12-15,24-27,29,37-40H,11,16-23,28H2,1-4H3,(H,51,54)(H,52,53)(H,55,62)(H,56,63)/t37-,38-,39+,40+/m0/s1. The Labute approximate surface area is 381 Å². The molecular formula is C48H55F2N9O7. The number of aromatic amines is 2. The van der Waals surface area contributed by atoms with Gasteiger partial charge in [0.1, 0.15) is 52.7 Å². The van der Waals surface area contributed by atoms with Gasteiger partial charge in [0.15, 0.2) is 0 Å². The first-order valence-electron chi connectivity index (χ1n) is 22.2. The molecule has 8 rings (SSSR count). The third-order valence-corrected chi connectivity index (χ3v) is 12.2. The highest BCUT2D eigenvalue weighted by Crippen LogP contribution is 2.38. The molecule has 3 saturated heterocycles. The van der Waals surface area contributed by atoms with Crippen LogP contribution in [0.25, 0.3) is 11.3 Å². The molecule has 0 unspecified atom stereocenters. The summed E-state index contributed by atoms with van der Waals surface area (Å²) in [6, 6.07) is 17.5. The van der Waals surface area contributed by atoms with Gasteiger partial charge in [-0.3, -0.25) is 9.59 Å². The van der Waals surface area contributed by atoms with Gasteiger partial charge in [-0.25, -0.2) is 28.3 Å². The lowest BCUT2D eigenvalue weighted by atomic mass is 9.93. The number of aromatic nitrogens is 4. The number of nitrogens with zero attached hydrogens (tertiary/aromatic N) is 5. The van der Waals surface area contributed by atoms with E-state index < -0.39 is 53.6 Å². The SMILES string of the molecule is COC(=O)N[C@@H](C(=O)N1CCOC[C@H]1c1ncc(C2CCN(c3c(F)cc(-c4cnc([C@@H]5CCCN5C(=O)[C@H](NC(=O)OC(C)(C)C)c5ccccc5)[nH]4)cc3F)CC2)[nH]1)c1ccccc1. The van der Waals surface area contributed by atoms with Crippen LogP contribution < -0.4 is 15.5 Å². The van der Waals surface area contributed by atoms with Gasteiger partial charge in [-0.2, -0.15) is 0 Å². The molecule has 0 spiro atoms. The summed E-state index contributed by atoms with van der Waals surface area (Å²) in [5.41, 5.74) is 1.84. The molecule has 16 nitrogen and oxygen atoms in total. The quantitative estimate of drug-likeness (QED) is 0.104.